The van der Waals surface area contributed by atoms with E-state index in [1.54, 1.807) is 0 Å². The van der Waals surface area contributed by atoms with Crippen molar-refractivity contribution in [3.63, 3.8) is 0 Å². The number of rotatable bonds is 3. The van der Waals surface area contributed by atoms with E-state index in [4.69, 9.17) is 17.3 Å². The summed E-state index contributed by atoms with van der Waals surface area (Å²) in [6.07, 6.45) is 0. The molecule has 33 heavy (non-hydrogen) atoms. The minimum absolute atomic E-state index is 0.575. The highest BCUT2D eigenvalue weighted by Crippen LogP contribution is 2.39. The normalized spacial score (nSPS) is 11.3. The number of halogens is 1. The standard InChI is InChI=1S/C30H21ClN2/c31-27-13-7-12-24(30(27)32)22-15-17-29-26(19-22)25-18-21(20-8-3-1-4-9-20)14-16-28(25)33(29)23-10-5-2-6-11-23/h1-19H,32H2. The molecule has 6 rings (SSSR count). The van der Waals surface area contributed by atoms with Gasteiger partial charge in [0.25, 0.3) is 0 Å². The van der Waals surface area contributed by atoms with Crippen LogP contribution in [0.25, 0.3) is 49.7 Å². The lowest BCUT2D eigenvalue weighted by Gasteiger charge is -2.09. The number of nitrogens with two attached hydrogens (primary N) is 1. The van der Waals surface area contributed by atoms with E-state index in [2.05, 4.69) is 89.5 Å². The van der Waals surface area contributed by atoms with Crippen LogP contribution in [0.1, 0.15) is 0 Å². The summed E-state index contributed by atoms with van der Waals surface area (Å²) in [5, 5.41) is 2.96. The first-order chi connectivity index (χ1) is 16.2. The smallest absolute Gasteiger partial charge is 0.0641 e. The number of hydrogen-bond acceptors (Lipinski definition) is 1. The van der Waals surface area contributed by atoms with Gasteiger partial charge < -0.3 is 10.3 Å². The van der Waals surface area contributed by atoms with Crippen LogP contribution in [-0.4, -0.2) is 4.57 Å². The molecule has 6 aromatic rings. The van der Waals surface area contributed by atoms with Crippen LogP contribution < -0.4 is 5.73 Å². The molecule has 0 aliphatic carbocycles. The minimum Gasteiger partial charge on any atom is -0.397 e. The molecule has 0 aliphatic rings. The first-order valence-electron chi connectivity index (χ1n) is 10.9. The number of anilines is 1. The van der Waals surface area contributed by atoms with Gasteiger partial charge in [0, 0.05) is 22.0 Å². The number of hydrogen-bond donors (Lipinski definition) is 1. The van der Waals surface area contributed by atoms with Gasteiger partial charge in [-0.1, -0.05) is 84.4 Å². The summed E-state index contributed by atoms with van der Waals surface area (Å²) in [6, 6.07) is 40.0. The molecule has 1 heterocycles. The Labute approximate surface area is 197 Å². The van der Waals surface area contributed by atoms with Gasteiger partial charge in [-0.05, 0) is 59.2 Å². The predicted molar refractivity (Wildman–Crippen MR) is 141 cm³/mol. The first kappa shape index (κ1) is 19.7. The summed E-state index contributed by atoms with van der Waals surface area (Å²) in [5.41, 5.74) is 14.8. The number of aromatic nitrogens is 1. The highest BCUT2D eigenvalue weighted by molar-refractivity contribution is 6.33. The summed E-state index contributed by atoms with van der Waals surface area (Å²) in [7, 11) is 0. The van der Waals surface area contributed by atoms with Crippen LogP contribution in [0.3, 0.4) is 0 Å². The van der Waals surface area contributed by atoms with Gasteiger partial charge in [-0.15, -0.1) is 0 Å². The average Bonchev–Trinajstić information content (AvgIpc) is 3.20. The van der Waals surface area contributed by atoms with Crippen molar-refractivity contribution in [2.24, 2.45) is 0 Å². The zero-order chi connectivity index (χ0) is 22.4. The van der Waals surface area contributed by atoms with Crippen LogP contribution in [0.5, 0.6) is 0 Å². The molecular weight excluding hydrogens is 424 g/mol. The number of benzene rings is 5. The lowest BCUT2D eigenvalue weighted by molar-refractivity contribution is 1.18. The van der Waals surface area contributed by atoms with Gasteiger partial charge in [0.2, 0.25) is 0 Å². The maximum atomic E-state index is 6.33. The molecule has 1 aromatic heterocycles. The van der Waals surface area contributed by atoms with E-state index in [-0.39, 0.29) is 0 Å². The van der Waals surface area contributed by atoms with Crippen molar-refractivity contribution in [2.75, 3.05) is 5.73 Å². The molecule has 0 saturated carbocycles. The van der Waals surface area contributed by atoms with Gasteiger partial charge in [-0.2, -0.15) is 0 Å². The topological polar surface area (TPSA) is 30.9 Å². The largest absolute Gasteiger partial charge is 0.397 e. The van der Waals surface area contributed by atoms with Crippen LogP contribution in [0.2, 0.25) is 5.02 Å². The third-order valence-electron chi connectivity index (χ3n) is 6.25. The Bertz CT molecular complexity index is 1620. The molecule has 0 spiro atoms. The SMILES string of the molecule is Nc1c(Cl)cccc1-c1ccc2c(c1)c1cc(-c3ccccc3)ccc1n2-c1ccccc1. The Balaban J connectivity index is 1.67. The zero-order valence-electron chi connectivity index (χ0n) is 17.9. The summed E-state index contributed by atoms with van der Waals surface area (Å²) < 4.78 is 2.32. The van der Waals surface area contributed by atoms with Crippen molar-refractivity contribution in [1.29, 1.82) is 0 Å². The van der Waals surface area contributed by atoms with E-state index < -0.39 is 0 Å². The van der Waals surface area contributed by atoms with E-state index in [0.717, 1.165) is 22.3 Å². The van der Waals surface area contributed by atoms with Gasteiger partial charge in [0.15, 0.2) is 0 Å². The fourth-order valence-corrected chi connectivity index (χ4v) is 4.82. The van der Waals surface area contributed by atoms with E-state index in [9.17, 15) is 0 Å². The molecule has 0 atom stereocenters. The average molecular weight is 445 g/mol. The van der Waals surface area contributed by atoms with Gasteiger partial charge in [-0.25, -0.2) is 0 Å². The van der Waals surface area contributed by atoms with Crippen molar-refractivity contribution >= 4 is 39.1 Å². The molecule has 158 valence electrons. The molecule has 2 nitrogen and oxygen atoms in total. The lowest BCUT2D eigenvalue weighted by Crippen LogP contribution is -1.93. The fraction of sp³-hybridized carbons (Fsp3) is 0. The Kier molecular flexibility index (Phi) is 4.67. The Hall–Kier alpha value is -4.01. The van der Waals surface area contributed by atoms with Crippen LogP contribution in [0.4, 0.5) is 5.69 Å². The highest BCUT2D eigenvalue weighted by Gasteiger charge is 2.15. The number of para-hydroxylation sites is 2. The molecule has 3 heteroatoms. The monoisotopic (exact) mass is 444 g/mol. The molecule has 0 unspecified atom stereocenters. The third kappa shape index (κ3) is 3.27. The number of nitrogens with zero attached hydrogens (tertiary/aromatic N) is 1. The second kappa shape index (κ2) is 7.84. The van der Waals surface area contributed by atoms with Crippen LogP contribution in [0.15, 0.2) is 115 Å². The molecular formula is C30H21ClN2. The summed E-state index contributed by atoms with van der Waals surface area (Å²) >= 11 is 6.32. The maximum Gasteiger partial charge on any atom is 0.0641 e. The predicted octanol–water partition coefficient (Wildman–Crippen LogP) is 8.35. The lowest BCUT2D eigenvalue weighted by atomic mass is 9.99. The van der Waals surface area contributed by atoms with Crippen molar-refractivity contribution in [3.05, 3.63) is 120 Å². The summed E-state index contributed by atoms with van der Waals surface area (Å²) in [5.74, 6) is 0. The zero-order valence-corrected chi connectivity index (χ0v) is 18.6. The second-order valence-corrected chi connectivity index (χ2v) is 8.61. The van der Waals surface area contributed by atoms with Crippen LogP contribution in [0, 0.1) is 0 Å². The van der Waals surface area contributed by atoms with Gasteiger partial charge in [0.1, 0.15) is 0 Å². The molecule has 0 radical (unpaired) electrons. The van der Waals surface area contributed by atoms with Crippen molar-refractivity contribution in [2.45, 2.75) is 0 Å². The molecule has 2 N–H and O–H groups in total. The first-order valence-corrected chi connectivity index (χ1v) is 11.3. The van der Waals surface area contributed by atoms with Gasteiger partial charge in [0.05, 0.1) is 21.7 Å². The maximum absolute atomic E-state index is 6.33. The van der Waals surface area contributed by atoms with E-state index in [0.29, 0.717) is 10.7 Å². The molecule has 0 fully saturated rings. The van der Waals surface area contributed by atoms with Crippen LogP contribution >= 0.6 is 11.6 Å². The molecule has 0 saturated heterocycles. The van der Waals surface area contributed by atoms with Gasteiger partial charge >= 0.3 is 0 Å². The van der Waals surface area contributed by atoms with Gasteiger partial charge in [-0.3, -0.25) is 0 Å². The van der Waals surface area contributed by atoms with Crippen molar-refractivity contribution in [1.82, 2.24) is 4.57 Å². The third-order valence-corrected chi connectivity index (χ3v) is 6.58. The second-order valence-electron chi connectivity index (χ2n) is 8.20. The molecule has 0 bridgehead atoms. The van der Waals surface area contributed by atoms with Crippen molar-refractivity contribution in [3.8, 4) is 27.9 Å². The Morgan fingerprint density at radius 2 is 1.15 bits per heavy atom. The quantitative estimate of drug-likeness (QED) is 0.273. The molecule has 5 aromatic carbocycles. The fourth-order valence-electron chi connectivity index (χ4n) is 4.64. The van der Waals surface area contributed by atoms with Crippen LogP contribution in [-0.2, 0) is 0 Å². The Morgan fingerprint density at radius 3 is 1.85 bits per heavy atom. The van der Waals surface area contributed by atoms with Crippen molar-refractivity contribution < 1.29 is 0 Å². The van der Waals surface area contributed by atoms with E-state index >= 15 is 0 Å². The Morgan fingerprint density at radius 1 is 0.545 bits per heavy atom. The minimum atomic E-state index is 0.575. The number of nitrogen functional groups attached to an aromatic ring is 1. The summed E-state index contributed by atoms with van der Waals surface area (Å²) in [4.78, 5) is 0. The van der Waals surface area contributed by atoms with E-state index in [1.165, 1.54) is 27.4 Å². The molecule has 0 amide bonds. The molecule has 0 aliphatic heterocycles. The highest BCUT2D eigenvalue weighted by atomic mass is 35.5. The number of fused-ring (bicyclic) bond motifs is 3. The van der Waals surface area contributed by atoms with E-state index in [1.807, 2.05) is 30.3 Å². The summed E-state index contributed by atoms with van der Waals surface area (Å²) in [6.45, 7) is 0.